The van der Waals surface area contributed by atoms with Crippen molar-refractivity contribution < 1.29 is 14.3 Å². The molecule has 0 heterocycles. The van der Waals surface area contributed by atoms with Crippen LogP contribution in [0.5, 0.6) is 0 Å². The molecule has 2 unspecified atom stereocenters. The summed E-state index contributed by atoms with van der Waals surface area (Å²) in [5.74, 6) is 0.00210. The van der Waals surface area contributed by atoms with Crippen LogP contribution in [0.2, 0.25) is 0 Å². The summed E-state index contributed by atoms with van der Waals surface area (Å²) in [5, 5.41) is 5.95. The highest BCUT2D eigenvalue weighted by Gasteiger charge is 2.15. The van der Waals surface area contributed by atoms with Gasteiger partial charge in [0.1, 0.15) is 0 Å². The highest BCUT2D eigenvalue weighted by molar-refractivity contribution is 5.81. The van der Waals surface area contributed by atoms with Gasteiger partial charge in [0.05, 0.1) is 18.8 Å². The summed E-state index contributed by atoms with van der Waals surface area (Å²) in [5.41, 5.74) is 0. The van der Waals surface area contributed by atoms with Gasteiger partial charge in [0.15, 0.2) is 0 Å². The van der Waals surface area contributed by atoms with Gasteiger partial charge in [0.2, 0.25) is 5.91 Å². The first kappa shape index (κ1) is 15.3. The molecule has 0 saturated carbocycles. The zero-order chi connectivity index (χ0) is 12.6. The Labute approximate surface area is 97.9 Å². The largest absolute Gasteiger partial charge is 0.382 e. The molecular weight excluding hydrogens is 208 g/mol. The summed E-state index contributed by atoms with van der Waals surface area (Å²) in [6.45, 7) is 6.82. The van der Waals surface area contributed by atoms with Gasteiger partial charge in [-0.1, -0.05) is 0 Å². The van der Waals surface area contributed by atoms with Crippen molar-refractivity contribution in [2.45, 2.75) is 39.0 Å². The third-order valence-corrected chi connectivity index (χ3v) is 2.16. The molecular formula is C11H24N2O3. The first-order valence-corrected chi connectivity index (χ1v) is 5.56. The quantitative estimate of drug-likeness (QED) is 0.625. The maximum Gasteiger partial charge on any atom is 0.237 e. The molecule has 0 aliphatic rings. The van der Waals surface area contributed by atoms with Crippen molar-refractivity contribution in [2.75, 3.05) is 27.4 Å². The fourth-order valence-corrected chi connectivity index (χ4v) is 1.21. The molecule has 0 aliphatic carbocycles. The van der Waals surface area contributed by atoms with Gasteiger partial charge in [-0.2, -0.15) is 0 Å². The average Bonchev–Trinajstić information content (AvgIpc) is 2.22. The standard InChI is InChI=1S/C11H24N2O3/c1-8(2)13-11(14)9(3)12-6-10(16-5)7-15-4/h8-10,12H,6-7H2,1-5H3,(H,13,14). The number of carbonyl (C=O) groups excluding carboxylic acids is 1. The van der Waals surface area contributed by atoms with Gasteiger partial charge in [-0.3, -0.25) is 4.79 Å². The SMILES string of the molecule is COCC(CNC(C)C(=O)NC(C)C)OC. The van der Waals surface area contributed by atoms with Crippen LogP contribution < -0.4 is 10.6 Å². The molecule has 2 N–H and O–H groups in total. The lowest BCUT2D eigenvalue weighted by Gasteiger charge is -2.19. The summed E-state index contributed by atoms with van der Waals surface area (Å²) in [4.78, 5) is 11.6. The third-order valence-electron chi connectivity index (χ3n) is 2.16. The fourth-order valence-electron chi connectivity index (χ4n) is 1.21. The molecule has 1 amide bonds. The lowest BCUT2D eigenvalue weighted by atomic mass is 10.2. The molecule has 0 bridgehead atoms. The summed E-state index contributed by atoms with van der Waals surface area (Å²) in [6.07, 6.45) is -0.0284. The van der Waals surface area contributed by atoms with Crippen LogP contribution in [0.3, 0.4) is 0 Å². The first-order valence-electron chi connectivity index (χ1n) is 5.56. The fraction of sp³-hybridized carbons (Fsp3) is 0.909. The Hall–Kier alpha value is -0.650. The maximum absolute atomic E-state index is 11.6. The molecule has 2 atom stereocenters. The molecule has 5 nitrogen and oxygen atoms in total. The van der Waals surface area contributed by atoms with Crippen LogP contribution in [-0.2, 0) is 14.3 Å². The summed E-state index contributed by atoms with van der Waals surface area (Å²) in [7, 11) is 3.26. The van der Waals surface area contributed by atoms with Gasteiger partial charge in [-0.25, -0.2) is 0 Å². The molecule has 0 spiro atoms. The van der Waals surface area contributed by atoms with E-state index in [1.165, 1.54) is 0 Å². The molecule has 0 aromatic carbocycles. The number of rotatable bonds is 8. The molecule has 5 heteroatoms. The normalized spacial score (nSPS) is 14.9. The van der Waals surface area contributed by atoms with E-state index in [2.05, 4.69) is 10.6 Å². The molecule has 0 aliphatic heterocycles. The molecule has 0 fully saturated rings. The number of nitrogens with one attached hydrogen (secondary N) is 2. The van der Waals surface area contributed by atoms with Crippen LogP contribution in [0.15, 0.2) is 0 Å². The van der Waals surface area contributed by atoms with Gasteiger partial charge in [0, 0.05) is 26.8 Å². The Kier molecular flexibility index (Phi) is 8.15. The van der Waals surface area contributed by atoms with E-state index in [1.807, 2.05) is 20.8 Å². The highest BCUT2D eigenvalue weighted by Crippen LogP contribution is 1.91. The Bertz CT molecular complexity index is 198. The Morgan fingerprint density at radius 1 is 1.25 bits per heavy atom. The van der Waals surface area contributed by atoms with Crippen molar-refractivity contribution in [1.82, 2.24) is 10.6 Å². The summed E-state index contributed by atoms with van der Waals surface area (Å²) in [6, 6.07) is -0.0640. The number of methoxy groups -OCH3 is 2. The minimum absolute atomic E-state index is 0.00210. The second-order valence-electron chi connectivity index (χ2n) is 4.11. The van der Waals surface area contributed by atoms with Crippen LogP contribution >= 0.6 is 0 Å². The smallest absolute Gasteiger partial charge is 0.237 e. The Morgan fingerprint density at radius 3 is 2.31 bits per heavy atom. The van der Waals surface area contributed by atoms with E-state index in [0.717, 1.165) is 0 Å². The third kappa shape index (κ3) is 6.76. The van der Waals surface area contributed by atoms with E-state index >= 15 is 0 Å². The average molecular weight is 232 g/mol. The number of carbonyl (C=O) groups is 1. The van der Waals surface area contributed by atoms with E-state index in [1.54, 1.807) is 14.2 Å². The van der Waals surface area contributed by atoms with Crippen molar-refractivity contribution >= 4 is 5.91 Å². The molecule has 0 aromatic heterocycles. The predicted octanol–water partition coefficient (Wildman–Crippen LogP) is 0.151. The highest BCUT2D eigenvalue weighted by atomic mass is 16.5. The van der Waals surface area contributed by atoms with Crippen LogP contribution in [0.4, 0.5) is 0 Å². The van der Waals surface area contributed by atoms with E-state index in [-0.39, 0.29) is 24.1 Å². The monoisotopic (exact) mass is 232 g/mol. The van der Waals surface area contributed by atoms with Crippen molar-refractivity contribution in [2.24, 2.45) is 0 Å². The second-order valence-corrected chi connectivity index (χ2v) is 4.11. The number of hydrogen-bond donors (Lipinski definition) is 2. The van der Waals surface area contributed by atoms with Crippen molar-refractivity contribution in [3.8, 4) is 0 Å². The molecule has 0 radical (unpaired) electrons. The van der Waals surface area contributed by atoms with Crippen LogP contribution in [0.25, 0.3) is 0 Å². The maximum atomic E-state index is 11.6. The molecule has 0 aromatic rings. The number of hydrogen-bond acceptors (Lipinski definition) is 4. The van der Waals surface area contributed by atoms with Crippen molar-refractivity contribution in [1.29, 1.82) is 0 Å². The van der Waals surface area contributed by atoms with Gasteiger partial charge in [-0.15, -0.1) is 0 Å². The predicted molar refractivity (Wildman–Crippen MR) is 63.4 cm³/mol. The zero-order valence-electron chi connectivity index (χ0n) is 10.9. The Morgan fingerprint density at radius 2 is 1.88 bits per heavy atom. The zero-order valence-corrected chi connectivity index (χ0v) is 10.9. The molecule has 16 heavy (non-hydrogen) atoms. The minimum atomic E-state index is -0.225. The van der Waals surface area contributed by atoms with E-state index < -0.39 is 0 Å². The van der Waals surface area contributed by atoms with Crippen LogP contribution in [0.1, 0.15) is 20.8 Å². The summed E-state index contributed by atoms with van der Waals surface area (Å²) >= 11 is 0. The number of amides is 1. The number of ether oxygens (including phenoxy) is 2. The van der Waals surface area contributed by atoms with Gasteiger partial charge in [0.25, 0.3) is 0 Å². The van der Waals surface area contributed by atoms with E-state index in [9.17, 15) is 4.79 Å². The first-order chi connectivity index (χ1) is 7.51. The van der Waals surface area contributed by atoms with Gasteiger partial charge in [-0.05, 0) is 20.8 Å². The van der Waals surface area contributed by atoms with E-state index in [0.29, 0.717) is 13.2 Å². The molecule has 0 saturated heterocycles. The summed E-state index contributed by atoms with van der Waals surface area (Å²) < 4.78 is 10.2. The van der Waals surface area contributed by atoms with Gasteiger partial charge < -0.3 is 20.1 Å². The van der Waals surface area contributed by atoms with Crippen molar-refractivity contribution in [3.05, 3.63) is 0 Å². The van der Waals surface area contributed by atoms with Crippen LogP contribution in [0, 0.1) is 0 Å². The lowest BCUT2D eigenvalue weighted by Crippen LogP contribution is -2.47. The second kappa shape index (κ2) is 8.50. The minimum Gasteiger partial charge on any atom is -0.382 e. The molecule has 0 rings (SSSR count). The Balaban J connectivity index is 3.85. The van der Waals surface area contributed by atoms with Gasteiger partial charge >= 0.3 is 0 Å². The molecule has 96 valence electrons. The van der Waals surface area contributed by atoms with Crippen LogP contribution in [-0.4, -0.2) is 51.5 Å². The topological polar surface area (TPSA) is 59.6 Å². The lowest BCUT2D eigenvalue weighted by molar-refractivity contribution is -0.123. The van der Waals surface area contributed by atoms with Crippen molar-refractivity contribution in [3.63, 3.8) is 0 Å². The van der Waals surface area contributed by atoms with E-state index in [4.69, 9.17) is 9.47 Å².